The Morgan fingerprint density at radius 1 is 0.399 bits per heavy atom. The van der Waals surface area contributed by atoms with Crippen LogP contribution in [-0.2, 0) is 11.2 Å². The minimum Gasteiger partial charge on any atom is -0.497 e. The van der Waals surface area contributed by atoms with E-state index in [4.69, 9.17) is 16.2 Å². The quantitative estimate of drug-likeness (QED) is 0.0213. The summed E-state index contributed by atoms with van der Waals surface area (Å²) in [4.78, 5) is 95.0. The normalized spacial score (nSPS) is 18.9. The van der Waals surface area contributed by atoms with E-state index in [9.17, 15) is 127 Å². The first-order chi connectivity index (χ1) is 63.1. The number of carbonyl (C=O) groups is 1. The molecule has 0 aromatic heterocycles. The van der Waals surface area contributed by atoms with E-state index in [2.05, 4.69) is 94.9 Å². The highest BCUT2D eigenvalue weighted by Crippen LogP contribution is 2.30. The fourth-order valence-electron chi connectivity index (χ4n) is 12.7. The first kappa shape index (κ1) is 121. The summed E-state index contributed by atoms with van der Waals surface area (Å²) in [6.45, 7) is 35.6. The Hall–Kier alpha value is -13.1. The van der Waals surface area contributed by atoms with Crippen molar-refractivity contribution in [3.8, 4) is 0 Å². The maximum atomic E-state index is 14.6. The van der Waals surface area contributed by atoms with Gasteiger partial charge in [0.15, 0.2) is 23.6 Å². The monoisotopic (exact) mass is 1950 g/mol. The van der Waals surface area contributed by atoms with Gasteiger partial charge >= 0.3 is 0 Å². The number of hydrogen-bond acceptors (Lipinski definition) is 24. The van der Waals surface area contributed by atoms with Gasteiger partial charge in [-0.15, -0.1) is 0 Å². The third kappa shape index (κ3) is 38.5. The number of aliphatic hydroxyl groups is 23. The second kappa shape index (κ2) is 51.4. The number of carbonyl (C=O) groups excluding carboxylic acids is 1. The van der Waals surface area contributed by atoms with Crippen LogP contribution in [0.3, 0.4) is 0 Å². The van der Waals surface area contributed by atoms with Crippen LogP contribution >= 0.6 is 0 Å². The van der Waals surface area contributed by atoms with Crippen molar-refractivity contribution in [1.29, 1.82) is 16.2 Å². The van der Waals surface area contributed by atoms with Crippen molar-refractivity contribution in [2.45, 2.75) is 355 Å². The van der Waals surface area contributed by atoms with Crippen LogP contribution in [0, 0.1) is 39.8 Å². The molecular weight excluding hydrogens is 1810 g/mol. The van der Waals surface area contributed by atoms with Crippen molar-refractivity contribution in [1.82, 2.24) is 4.90 Å². The van der Waals surface area contributed by atoms with Crippen LogP contribution in [0.4, 0.5) is 4.39 Å². The maximum Gasteiger partial charge on any atom is 0.250 e. The minimum atomic E-state index is -1.90. The summed E-state index contributed by atoms with van der Waals surface area (Å²) < 4.78 is 14.5. The van der Waals surface area contributed by atoms with E-state index < -0.39 is 297 Å². The molecule has 2 rings (SSSR count). The molecule has 0 unspecified atom stereocenters. The number of nitrogens with zero attached hydrogens (tertiary/aromatic N) is 20. The van der Waals surface area contributed by atoms with Gasteiger partial charge in [-0.1, -0.05) is 59.7 Å². The average Bonchev–Trinajstić information content (AvgIpc) is 1.69. The van der Waals surface area contributed by atoms with Gasteiger partial charge < -0.3 is 122 Å². The van der Waals surface area contributed by atoms with Crippen molar-refractivity contribution in [3.05, 3.63) is 35.6 Å². The highest BCUT2D eigenvalue weighted by atomic mass is 19.1. The molecule has 0 radical (unpaired) electrons. The van der Waals surface area contributed by atoms with Crippen molar-refractivity contribution < 1.29 is 127 Å². The number of amides is 1. The minimum absolute atomic E-state index is 0.0389. The topological polar surface area (TPSA) is 792 Å². The van der Waals surface area contributed by atoms with E-state index in [1.54, 1.807) is 47.6 Å². The molecule has 1 aliphatic rings. The summed E-state index contributed by atoms with van der Waals surface area (Å²) in [7, 11) is 0. The predicted molar refractivity (Wildman–Crippen MR) is 539 cm³/mol. The lowest BCUT2D eigenvalue weighted by molar-refractivity contribution is -0.135. The molecule has 47 nitrogen and oxygen atoms in total. The number of aliphatic imine (C=N–C) groups is 19. The summed E-state index contributed by atoms with van der Waals surface area (Å²) in [5.41, 5.74) is -13.8. The Bertz CT molecular complexity index is 5000. The fraction of sp³-hybridized carbons (Fsp3) is 0.678. The average molecular weight is 1960 g/mol. The number of likely N-dealkylation sites (tertiary alicyclic amines) is 1. The number of benzene rings is 1. The smallest absolute Gasteiger partial charge is 0.250 e. The molecule has 1 amide bonds. The SMILES string of the molecule is CC(O)=NC(C)(C)C(O)=N[C@@H](C)C(O)=NC(C)(C)C(O)=N[C@@H](C)C(O)=NC(C)(C)C(O)=N[C@@H](C)C(O)=N[C@@H](CCC(=N)O)C(O)=NC(C)(C)C(O)=N[C@H](C(O)=NC(C)(C)C(O)=NCC(O)=N[C@@H](CC(C)C)C(O)=NC(C)(C)C(=O)N1CCC[C@H]1C(O)=N[C@H](C(O)=NC(C)(C)C(O)=NC(C)(C)C(O)=N[C@@H](CCC(=N)O)C(O)=N[C@@H](CCC(=N)O)C(O)=N[C@H](CO)Cc1ccccc1F)C(C)C)C(C)C. The zero-order chi connectivity index (χ0) is 107. The summed E-state index contributed by atoms with van der Waals surface area (Å²) in [5, 5.41) is 276. The molecule has 1 fully saturated rings. The molecular formula is C90H148FN23O24. The van der Waals surface area contributed by atoms with E-state index >= 15 is 0 Å². The lowest BCUT2D eigenvalue weighted by Gasteiger charge is -2.31. The molecule has 0 aliphatic carbocycles. The van der Waals surface area contributed by atoms with Gasteiger partial charge in [-0.2, -0.15) is 0 Å². The largest absolute Gasteiger partial charge is 0.497 e. The van der Waals surface area contributed by atoms with E-state index in [1.165, 1.54) is 162 Å². The Labute approximate surface area is 803 Å². The Balaban J connectivity index is 2.52. The Morgan fingerprint density at radius 3 is 1.19 bits per heavy atom. The van der Waals surface area contributed by atoms with Crippen molar-refractivity contribution >= 4 is 136 Å². The van der Waals surface area contributed by atoms with Crippen molar-refractivity contribution in [2.75, 3.05) is 19.7 Å². The second-order valence-electron chi connectivity index (χ2n) is 38.6. The Morgan fingerprint density at radius 2 is 0.754 bits per heavy atom. The molecule has 26 N–H and O–H groups in total. The van der Waals surface area contributed by atoms with E-state index in [0.717, 1.165) is 0 Å². The van der Waals surface area contributed by atoms with Crippen molar-refractivity contribution in [3.63, 3.8) is 0 Å². The zero-order valence-corrected chi connectivity index (χ0v) is 83.6. The van der Waals surface area contributed by atoms with Gasteiger partial charge in [0.25, 0.3) is 5.91 Å². The summed E-state index contributed by atoms with van der Waals surface area (Å²) >= 11 is 0. The molecule has 0 bridgehead atoms. The third-order valence-corrected chi connectivity index (χ3v) is 21.1. The molecule has 1 heterocycles. The van der Waals surface area contributed by atoms with Crippen LogP contribution in [0.25, 0.3) is 0 Å². The number of hydrogen-bond donors (Lipinski definition) is 26. The van der Waals surface area contributed by atoms with Crippen LogP contribution < -0.4 is 0 Å². The molecule has 138 heavy (non-hydrogen) atoms. The highest BCUT2D eigenvalue weighted by Gasteiger charge is 2.44. The fourth-order valence-corrected chi connectivity index (χ4v) is 12.7. The van der Waals surface area contributed by atoms with Gasteiger partial charge in [-0.05, 0) is 199 Å². The van der Waals surface area contributed by atoms with E-state index in [1.807, 2.05) is 0 Å². The van der Waals surface area contributed by atoms with Crippen LogP contribution in [0.2, 0.25) is 0 Å². The van der Waals surface area contributed by atoms with Gasteiger partial charge in [0.2, 0.25) is 106 Å². The van der Waals surface area contributed by atoms with Crippen LogP contribution in [-0.4, -0.2) is 388 Å². The standard InChI is InChI=1S/C90H148FN23O24/c1-44(2)40-57(71(127)110-90(25,26)82(138)114-39-29-32-58(114)72(128)104-63(45(3)4)73(129)112-89(23,24)81(137)113-88(21,22)79(135)103-55(34-37-60(93)118)69(125)102-54(33-36-59(92)117)68(124)99-52(43-115)41-51-30-27-28-31-53(51)91)100-62(120)42-95-75(131)83(11,12)111-74(130)64(46(5)6)105-80(136)87(19,20)109-70(126)56(35-38-61(94)119)101-65(121)47(7)96-77(133)85(15,16)107-67(123)49(9)98-78(134)86(17,18)108-66(122)48(8)97-76(132)84(13,14)106-50(10)116/h27-28,30-31,44-49,52,54-58,63-64,115H,29,32-43H2,1-26H3,(H2,92,117)(H2,93,118)(H2,94,119)(H,95,131)(H,96,133)(H,97,132)(H,98,134)(H,99,124)(H,100,120)(H,101,121)(H,102,125)(H,103,135)(H,104,128)(H,105,136)(H,106,116)(H,107,123)(H,108,122)(H,109,126)(H,110,127)(H,111,130)(H,112,129)(H,113,137)/t47-,48-,49-,52-,54-,55-,56-,57-,58-,63-,64-/m0/s1. The summed E-state index contributed by atoms with van der Waals surface area (Å²) in [5.74, 6) is -19.3. The van der Waals surface area contributed by atoms with Gasteiger partial charge in [0.1, 0.15) is 117 Å². The van der Waals surface area contributed by atoms with Crippen LogP contribution in [0.1, 0.15) is 243 Å². The molecule has 1 aromatic carbocycles. The second-order valence-corrected chi connectivity index (χ2v) is 38.6. The van der Waals surface area contributed by atoms with Gasteiger partial charge in [-0.25, -0.2) is 99.2 Å². The number of halogens is 1. The van der Waals surface area contributed by atoms with Gasteiger partial charge in [0, 0.05) is 39.2 Å². The summed E-state index contributed by atoms with van der Waals surface area (Å²) in [6.07, 6.45) is -2.04. The molecule has 0 spiro atoms. The van der Waals surface area contributed by atoms with Gasteiger partial charge in [0.05, 0.1) is 12.6 Å². The first-order valence-corrected chi connectivity index (χ1v) is 44.7. The molecule has 48 heteroatoms. The lowest BCUT2D eigenvalue weighted by atomic mass is 10.0. The zero-order valence-electron chi connectivity index (χ0n) is 83.6. The Kier molecular flexibility index (Phi) is 45.0. The first-order valence-electron chi connectivity index (χ1n) is 44.7. The van der Waals surface area contributed by atoms with Gasteiger partial charge in [-0.3, -0.25) is 21.0 Å². The lowest BCUT2D eigenvalue weighted by Crippen LogP contribution is -2.50. The van der Waals surface area contributed by atoms with Crippen LogP contribution in [0.5, 0.6) is 0 Å². The number of nitrogens with one attached hydrogen (secondary N) is 3. The maximum absolute atomic E-state index is 14.6. The molecule has 1 aliphatic heterocycles. The van der Waals surface area contributed by atoms with Crippen molar-refractivity contribution in [2.24, 2.45) is 113 Å². The third-order valence-electron chi connectivity index (χ3n) is 21.1. The van der Waals surface area contributed by atoms with Crippen LogP contribution in [0.15, 0.2) is 119 Å². The van der Waals surface area contributed by atoms with E-state index in [-0.39, 0.29) is 56.0 Å². The molecule has 11 atom stereocenters. The number of aliphatic hydroxyl groups excluding tert-OH is 23. The molecule has 1 saturated heterocycles. The molecule has 0 saturated carbocycles. The molecule has 1 aromatic rings. The number of rotatable bonds is 54. The van der Waals surface area contributed by atoms with E-state index in [0.29, 0.717) is 6.42 Å². The molecule has 774 valence electrons. The predicted octanol–water partition coefficient (Wildman–Crippen LogP) is 13.8. The highest BCUT2D eigenvalue weighted by molar-refractivity contribution is 6.00. The summed E-state index contributed by atoms with van der Waals surface area (Å²) in [6, 6.07) is -9.25.